The van der Waals surface area contributed by atoms with Crippen molar-refractivity contribution in [3.8, 4) is 5.75 Å². The van der Waals surface area contributed by atoms with Gasteiger partial charge in [0.1, 0.15) is 11.6 Å². The summed E-state index contributed by atoms with van der Waals surface area (Å²) in [5.41, 5.74) is 4.89. The second-order valence-electron chi connectivity index (χ2n) is 10.7. The Bertz CT molecular complexity index is 1190. The zero-order valence-electron chi connectivity index (χ0n) is 24.6. The molecule has 3 rings (SSSR count). The molecule has 0 heterocycles. The third-order valence-electron chi connectivity index (χ3n) is 7.10. The highest BCUT2D eigenvalue weighted by Gasteiger charge is 2.02. The predicted octanol–water partition coefficient (Wildman–Crippen LogP) is 10.3. The smallest absolute Gasteiger partial charge is 0.185 e. The van der Waals surface area contributed by atoms with Crippen LogP contribution >= 0.6 is 0 Å². The van der Waals surface area contributed by atoms with Crippen molar-refractivity contribution in [2.24, 2.45) is 0 Å². The van der Waals surface area contributed by atoms with E-state index in [9.17, 15) is 9.18 Å². The highest BCUT2D eigenvalue weighted by atomic mass is 19.1. The van der Waals surface area contributed by atoms with E-state index in [1.165, 1.54) is 92.8 Å². The van der Waals surface area contributed by atoms with Crippen molar-refractivity contribution < 1.29 is 18.7 Å². The van der Waals surface area contributed by atoms with Gasteiger partial charge in [-0.3, -0.25) is 4.79 Å². The lowest BCUT2D eigenvalue weighted by molar-refractivity contribution is 0.104. The van der Waals surface area contributed by atoms with Gasteiger partial charge in [0, 0.05) is 12.2 Å². The summed E-state index contributed by atoms with van der Waals surface area (Å²) >= 11 is 0. The van der Waals surface area contributed by atoms with Crippen LogP contribution in [0.5, 0.6) is 5.75 Å². The van der Waals surface area contributed by atoms with Gasteiger partial charge >= 0.3 is 0 Å². The van der Waals surface area contributed by atoms with E-state index in [0.29, 0.717) is 12.2 Å². The molecule has 0 N–H and O–H groups in total. The van der Waals surface area contributed by atoms with Crippen LogP contribution in [0.1, 0.15) is 98.2 Å². The molecule has 0 aliphatic heterocycles. The molecule has 0 amide bonds. The molecule has 0 unspecified atom stereocenters. The number of hydrogen-bond donors (Lipinski definition) is 0. The van der Waals surface area contributed by atoms with Gasteiger partial charge in [0.25, 0.3) is 0 Å². The Balaban J connectivity index is 1.11. The number of carbonyl (C=O) groups excluding carboxylic acids is 1. The summed E-state index contributed by atoms with van der Waals surface area (Å²) in [5.74, 6) is 0.344. The van der Waals surface area contributed by atoms with Crippen molar-refractivity contribution in [3.63, 3.8) is 0 Å². The summed E-state index contributed by atoms with van der Waals surface area (Å²) in [6.07, 6.45) is 15.7. The molecule has 0 spiro atoms. The van der Waals surface area contributed by atoms with Gasteiger partial charge in [-0.25, -0.2) is 4.39 Å². The van der Waals surface area contributed by atoms with E-state index in [2.05, 4.69) is 30.8 Å². The number of unbranched alkanes of at least 4 members (excludes halogenated alkanes) is 9. The Hall–Kier alpha value is -3.50. The maximum absolute atomic E-state index is 13.0. The highest BCUT2D eigenvalue weighted by molar-refractivity contribution is 6.06. The standard InChI is InChI=1S/C37H45FO3/c1-30(2)33-18-13-32(14-19-33)29-40-27-11-9-7-5-3-4-6-8-10-12-28-41-36-24-15-31(16-25-36)17-26-37(39)34-20-22-35(38)23-21-34/h13-26H,1,3-12,27-29H2,2H3. The Labute approximate surface area is 246 Å². The fourth-order valence-corrected chi connectivity index (χ4v) is 4.54. The normalized spacial score (nSPS) is 11.2. The van der Waals surface area contributed by atoms with Gasteiger partial charge in [0.05, 0.1) is 13.2 Å². The van der Waals surface area contributed by atoms with Crippen molar-refractivity contribution in [1.82, 2.24) is 0 Å². The molecule has 218 valence electrons. The summed E-state index contributed by atoms with van der Waals surface area (Å²) in [6.45, 7) is 8.25. The van der Waals surface area contributed by atoms with Crippen molar-refractivity contribution in [3.05, 3.63) is 114 Å². The topological polar surface area (TPSA) is 35.5 Å². The Morgan fingerprint density at radius 1 is 0.707 bits per heavy atom. The summed E-state index contributed by atoms with van der Waals surface area (Å²) in [4.78, 5) is 12.2. The Morgan fingerprint density at radius 2 is 1.24 bits per heavy atom. The van der Waals surface area contributed by atoms with Crippen LogP contribution < -0.4 is 4.74 Å². The number of ether oxygens (including phenoxy) is 2. The van der Waals surface area contributed by atoms with Crippen LogP contribution in [0.25, 0.3) is 11.6 Å². The minimum Gasteiger partial charge on any atom is -0.494 e. The minimum absolute atomic E-state index is 0.149. The van der Waals surface area contributed by atoms with Crippen molar-refractivity contribution in [1.29, 1.82) is 0 Å². The molecular weight excluding hydrogens is 511 g/mol. The van der Waals surface area contributed by atoms with Gasteiger partial charge in [0.2, 0.25) is 0 Å². The van der Waals surface area contributed by atoms with Gasteiger partial charge < -0.3 is 9.47 Å². The van der Waals surface area contributed by atoms with E-state index in [1.807, 2.05) is 31.2 Å². The first kappa shape index (κ1) is 32.0. The van der Waals surface area contributed by atoms with E-state index in [1.54, 1.807) is 6.08 Å². The van der Waals surface area contributed by atoms with E-state index in [-0.39, 0.29) is 11.6 Å². The van der Waals surface area contributed by atoms with Gasteiger partial charge in [-0.05, 0) is 78.9 Å². The van der Waals surface area contributed by atoms with Crippen LogP contribution in [-0.2, 0) is 11.3 Å². The molecule has 3 aromatic carbocycles. The quantitative estimate of drug-likeness (QED) is 0.0789. The van der Waals surface area contributed by atoms with Crippen molar-refractivity contribution >= 4 is 17.4 Å². The average Bonchev–Trinajstić information content (AvgIpc) is 2.99. The number of allylic oxidation sites excluding steroid dienone is 2. The summed E-state index contributed by atoms with van der Waals surface area (Å²) in [7, 11) is 0. The molecule has 0 radical (unpaired) electrons. The minimum atomic E-state index is -0.349. The molecule has 3 nitrogen and oxygen atoms in total. The molecule has 0 atom stereocenters. The largest absolute Gasteiger partial charge is 0.494 e. The number of ketones is 1. The number of halogens is 1. The number of rotatable bonds is 20. The molecular formula is C37H45FO3. The molecule has 0 aromatic heterocycles. The average molecular weight is 557 g/mol. The highest BCUT2D eigenvalue weighted by Crippen LogP contribution is 2.16. The zero-order chi connectivity index (χ0) is 29.1. The third-order valence-corrected chi connectivity index (χ3v) is 7.10. The first-order valence-corrected chi connectivity index (χ1v) is 15.0. The fourth-order valence-electron chi connectivity index (χ4n) is 4.54. The molecule has 3 aromatic rings. The Morgan fingerprint density at radius 3 is 1.83 bits per heavy atom. The number of hydrogen-bond acceptors (Lipinski definition) is 3. The van der Waals surface area contributed by atoms with Gasteiger partial charge in [0.15, 0.2) is 5.78 Å². The molecule has 0 aliphatic carbocycles. The molecule has 4 heteroatoms. The SMILES string of the molecule is C=C(C)c1ccc(COCCCCCCCCCCCCOc2ccc(C=CC(=O)c3ccc(F)cc3)cc2)cc1. The second kappa shape index (κ2) is 18.8. The van der Waals surface area contributed by atoms with Crippen LogP contribution in [0.15, 0.2) is 85.5 Å². The van der Waals surface area contributed by atoms with Gasteiger partial charge in [-0.1, -0.05) is 106 Å². The monoisotopic (exact) mass is 556 g/mol. The van der Waals surface area contributed by atoms with Gasteiger partial charge in [-0.2, -0.15) is 0 Å². The van der Waals surface area contributed by atoms with E-state index in [4.69, 9.17) is 9.47 Å². The molecule has 0 saturated heterocycles. The lowest BCUT2D eigenvalue weighted by Gasteiger charge is -2.07. The van der Waals surface area contributed by atoms with Crippen molar-refractivity contribution in [2.45, 2.75) is 77.7 Å². The maximum Gasteiger partial charge on any atom is 0.185 e. The van der Waals surface area contributed by atoms with Crippen LogP contribution in [-0.4, -0.2) is 19.0 Å². The predicted molar refractivity (Wildman–Crippen MR) is 169 cm³/mol. The molecule has 0 saturated carbocycles. The molecule has 0 fully saturated rings. The van der Waals surface area contributed by atoms with Crippen molar-refractivity contribution in [2.75, 3.05) is 13.2 Å². The van der Waals surface area contributed by atoms with Crippen LogP contribution in [0.4, 0.5) is 4.39 Å². The number of benzene rings is 3. The summed E-state index contributed by atoms with van der Waals surface area (Å²) in [6, 6.07) is 21.8. The van der Waals surface area contributed by atoms with Crippen LogP contribution in [0.3, 0.4) is 0 Å². The summed E-state index contributed by atoms with van der Waals surface area (Å²) < 4.78 is 24.7. The van der Waals surface area contributed by atoms with Crippen LogP contribution in [0.2, 0.25) is 0 Å². The molecule has 0 bridgehead atoms. The van der Waals surface area contributed by atoms with Crippen LogP contribution in [0, 0.1) is 5.82 Å². The third kappa shape index (κ3) is 13.1. The van der Waals surface area contributed by atoms with E-state index in [0.717, 1.165) is 42.9 Å². The van der Waals surface area contributed by atoms with E-state index >= 15 is 0 Å². The Kier molecular flexibility index (Phi) is 14.7. The molecule has 41 heavy (non-hydrogen) atoms. The lowest BCUT2D eigenvalue weighted by atomic mass is 10.1. The first-order valence-electron chi connectivity index (χ1n) is 15.0. The van der Waals surface area contributed by atoms with E-state index < -0.39 is 0 Å². The maximum atomic E-state index is 13.0. The first-order chi connectivity index (χ1) is 20.0. The fraction of sp³-hybridized carbons (Fsp3) is 0.378. The lowest BCUT2D eigenvalue weighted by Crippen LogP contribution is -1.97. The summed E-state index contributed by atoms with van der Waals surface area (Å²) in [5, 5.41) is 0. The molecule has 0 aliphatic rings. The second-order valence-corrected chi connectivity index (χ2v) is 10.7. The number of carbonyl (C=O) groups is 1. The van der Waals surface area contributed by atoms with Gasteiger partial charge in [-0.15, -0.1) is 0 Å². The zero-order valence-corrected chi connectivity index (χ0v) is 24.6.